The first-order valence-corrected chi connectivity index (χ1v) is 8.34. The van der Waals surface area contributed by atoms with Crippen LogP contribution in [0, 0.1) is 0 Å². The number of pyridine rings is 1. The summed E-state index contributed by atoms with van der Waals surface area (Å²) >= 11 is 1.25. The normalized spacial score (nSPS) is 11.1. The third-order valence-corrected chi connectivity index (χ3v) is 4.16. The van der Waals surface area contributed by atoms with Crippen LogP contribution in [0.25, 0.3) is 11.2 Å². The Bertz CT molecular complexity index is 779. The van der Waals surface area contributed by atoms with Gasteiger partial charge in [0.05, 0.1) is 5.75 Å². The number of amides is 1. The summed E-state index contributed by atoms with van der Waals surface area (Å²) in [6.07, 6.45) is 1.66. The van der Waals surface area contributed by atoms with Gasteiger partial charge in [-0.3, -0.25) is 4.79 Å². The maximum Gasteiger partial charge on any atom is 0.258 e. The van der Waals surface area contributed by atoms with Crippen LogP contribution in [-0.4, -0.2) is 21.6 Å². The number of hydrogen-bond donors (Lipinski definition) is 1. The van der Waals surface area contributed by atoms with E-state index < -0.39 is 0 Å². The second-order valence-corrected chi connectivity index (χ2v) is 6.35. The highest BCUT2D eigenvalue weighted by Crippen LogP contribution is 2.22. The first kappa shape index (κ1) is 15.6. The fraction of sp³-hybridized carbons (Fsp3) is 0.235. The molecule has 0 aliphatic heterocycles. The first-order valence-electron chi connectivity index (χ1n) is 7.36. The van der Waals surface area contributed by atoms with E-state index in [1.54, 1.807) is 18.3 Å². The molecule has 0 aliphatic rings. The van der Waals surface area contributed by atoms with Gasteiger partial charge in [-0.15, -0.1) is 0 Å². The molecule has 5 nitrogen and oxygen atoms in total. The lowest BCUT2D eigenvalue weighted by atomic mass is 10.0. The average molecular weight is 327 g/mol. The van der Waals surface area contributed by atoms with Crippen LogP contribution in [0.4, 0.5) is 5.69 Å². The number of carbonyl (C=O) groups excluding carboxylic acids is 1. The fourth-order valence-corrected chi connectivity index (χ4v) is 2.71. The molecule has 1 amide bonds. The Labute approximate surface area is 138 Å². The third-order valence-electron chi connectivity index (χ3n) is 3.33. The average Bonchev–Trinajstić information content (AvgIpc) is 2.96. The van der Waals surface area contributed by atoms with Crippen molar-refractivity contribution in [2.75, 3.05) is 11.1 Å². The second-order valence-electron chi connectivity index (χ2n) is 5.42. The van der Waals surface area contributed by atoms with Gasteiger partial charge in [-0.2, -0.15) is 4.98 Å². The molecule has 0 spiro atoms. The summed E-state index contributed by atoms with van der Waals surface area (Å²) in [6, 6.07) is 11.5. The van der Waals surface area contributed by atoms with Gasteiger partial charge in [-0.25, -0.2) is 4.98 Å². The van der Waals surface area contributed by atoms with Crippen LogP contribution in [0.2, 0.25) is 0 Å². The standard InChI is InChI=1S/C17H17N3O2S/c1-11(2)12-5-7-13(8-6-12)19-15(21)10-23-17-20-16-14(22-17)4-3-9-18-16/h3-9,11H,10H2,1-2H3,(H,19,21). The van der Waals surface area contributed by atoms with Gasteiger partial charge in [0.15, 0.2) is 11.2 Å². The lowest BCUT2D eigenvalue weighted by Gasteiger charge is -2.07. The highest BCUT2D eigenvalue weighted by molar-refractivity contribution is 7.99. The number of aromatic nitrogens is 2. The number of benzene rings is 1. The summed E-state index contributed by atoms with van der Waals surface area (Å²) in [5.74, 6) is 0.615. The monoisotopic (exact) mass is 327 g/mol. The Morgan fingerprint density at radius 1 is 1.26 bits per heavy atom. The fourth-order valence-electron chi connectivity index (χ4n) is 2.09. The van der Waals surface area contributed by atoms with Crippen LogP contribution in [0.3, 0.4) is 0 Å². The van der Waals surface area contributed by atoms with Gasteiger partial charge < -0.3 is 9.73 Å². The van der Waals surface area contributed by atoms with E-state index in [4.69, 9.17) is 4.42 Å². The zero-order chi connectivity index (χ0) is 16.2. The molecule has 3 rings (SSSR count). The van der Waals surface area contributed by atoms with Gasteiger partial charge in [0.25, 0.3) is 5.22 Å². The molecule has 118 valence electrons. The van der Waals surface area contributed by atoms with Crippen LogP contribution < -0.4 is 5.32 Å². The van der Waals surface area contributed by atoms with Crippen LogP contribution in [0.5, 0.6) is 0 Å². The molecule has 3 aromatic rings. The largest absolute Gasteiger partial charge is 0.430 e. The molecule has 2 heterocycles. The van der Waals surface area contributed by atoms with Crippen LogP contribution in [0.1, 0.15) is 25.3 Å². The van der Waals surface area contributed by atoms with E-state index in [0.29, 0.717) is 22.4 Å². The molecule has 23 heavy (non-hydrogen) atoms. The van der Waals surface area contributed by atoms with Crippen molar-refractivity contribution >= 4 is 34.6 Å². The van der Waals surface area contributed by atoms with E-state index in [1.807, 2.05) is 24.3 Å². The molecule has 0 fully saturated rings. The van der Waals surface area contributed by atoms with Crippen molar-refractivity contribution in [3.8, 4) is 0 Å². The molecule has 6 heteroatoms. The van der Waals surface area contributed by atoms with E-state index in [1.165, 1.54) is 17.3 Å². The zero-order valence-electron chi connectivity index (χ0n) is 12.9. The van der Waals surface area contributed by atoms with Crippen LogP contribution in [-0.2, 0) is 4.79 Å². The van der Waals surface area contributed by atoms with Crippen molar-refractivity contribution < 1.29 is 9.21 Å². The third kappa shape index (κ3) is 3.90. The number of oxazole rings is 1. The Hall–Kier alpha value is -2.34. The molecular formula is C17H17N3O2S. The SMILES string of the molecule is CC(C)c1ccc(NC(=O)CSc2nc3ncccc3o2)cc1. The first-order chi connectivity index (χ1) is 11.1. The smallest absolute Gasteiger partial charge is 0.258 e. The van der Waals surface area contributed by atoms with Crippen molar-refractivity contribution in [2.45, 2.75) is 25.0 Å². The van der Waals surface area contributed by atoms with Gasteiger partial charge in [-0.1, -0.05) is 37.7 Å². The van der Waals surface area contributed by atoms with Crippen LogP contribution in [0.15, 0.2) is 52.2 Å². The van der Waals surface area contributed by atoms with Crippen molar-refractivity contribution in [1.82, 2.24) is 9.97 Å². The Balaban J connectivity index is 1.56. The maximum absolute atomic E-state index is 12.0. The molecule has 1 N–H and O–H groups in total. The molecule has 1 aromatic carbocycles. The molecule has 0 bridgehead atoms. The summed E-state index contributed by atoms with van der Waals surface area (Å²) in [4.78, 5) is 20.3. The Morgan fingerprint density at radius 2 is 2.04 bits per heavy atom. The number of hydrogen-bond acceptors (Lipinski definition) is 5. The summed E-state index contributed by atoms with van der Waals surface area (Å²) < 4.78 is 5.52. The number of anilines is 1. The van der Waals surface area contributed by atoms with Gasteiger partial charge in [0, 0.05) is 11.9 Å². The molecule has 0 unspecified atom stereocenters. The van der Waals surface area contributed by atoms with E-state index >= 15 is 0 Å². The predicted molar refractivity (Wildman–Crippen MR) is 91.7 cm³/mol. The molecule has 0 atom stereocenters. The molecule has 0 saturated carbocycles. The quantitative estimate of drug-likeness (QED) is 0.715. The number of thioether (sulfide) groups is 1. The van der Waals surface area contributed by atoms with E-state index in [9.17, 15) is 4.79 Å². The molecule has 2 aromatic heterocycles. The number of fused-ring (bicyclic) bond motifs is 1. The van der Waals surface area contributed by atoms with Crippen molar-refractivity contribution in [2.24, 2.45) is 0 Å². The number of nitrogens with zero attached hydrogens (tertiary/aromatic N) is 2. The van der Waals surface area contributed by atoms with Crippen molar-refractivity contribution in [3.05, 3.63) is 48.2 Å². The number of nitrogens with one attached hydrogen (secondary N) is 1. The highest BCUT2D eigenvalue weighted by Gasteiger charge is 2.10. The van der Waals surface area contributed by atoms with E-state index in [0.717, 1.165) is 5.69 Å². The predicted octanol–water partition coefficient (Wildman–Crippen LogP) is 4.08. The lowest BCUT2D eigenvalue weighted by Crippen LogP contribution is -2.13. The van der Waals surface area contributed by atoms with Crippen LogP contribution >= 0.6 is 11.8 Å². The van der Waals surface area contributed by atoms with Gasteiger partial charge >= 0.3 is 0 Å². The summed E-state index contributed by atoms with van der Waals surface area (Å²) in [6.45, 7) is 4.28. The Kier molecular flexibility index (Phi) is 4.62. The van der Waals surface area contributed by atoms with E-state index in [-0.39, 0.29) is 11.7 Å². The number of rotatable bonds is 5. The molecular weight excluding hydrogens is 310 g/mol. The molecule has 0 radical (unpaired) electrons. The van der Waals surface area contributed by atoms with Crippen molar-refractivity contribution in [3.63, 3.8) is 0 Å². The number of carbonyl (C=O) groups is 1. The van der Waals surface area contributed by atoms with Gasteiger partial charge in [0.1, 0.15) is 0 Å². The molecule has 0 saturated heterocycles. The van der Waals surface area contributed by atoms with Crippen molar-refractivity contribution in [1.29, 1.82) is 0 Å². The second kappa shape index (κ2) is 6.83. The maximum atomic E-state index is 12.0. The van der Waals surface area contributed by atoms with Gasteiger partial charge in [0.2, 0.25) is 5.91 Å². The minimum atomic E-state index is -0.0949. The van der Waals surface area contributed by atoms with Gasteiger partial charge in [-0.05, 0) is 35.7 Å². The summed E-state index contributed by atoms with van der Waals surface area (Å²) in [7, 11) is 0. The Morgan fingerprint density at radius 3 is 2.74 bits per heavy atom. The van der Waals surface area contributed by atoms with E-state index in [2.05, 4.69) is 29.1 Å². The highest BCUT2D eigenvalue weighted by atomic mass is 32.2. The topological polar surface area (TPSA) is 68.0 Å². The lowest BCUT2D eigenvalue weighted by molar-refractivity contribution is -0.113. The molecule has 0 aliphatic carbocycles. The minimum absolute atomic E-state index is 0.0949. The zero-order valence-corrected chi connectivity index (χ0v) is 13.8. The summed E-state index contributed by atoms with van der Waals surface area (Å²) in [5.41, 5.74) is 3.22. The minimum Gasteiger partial charge on any atom is -0.430 e. The summed E-state index contributed by atoms with van der Waals surface area (Å²) in [5, 5.41) is 3.32.